The topological polar surface area (TPSA) is 30.0 Å². The number of hydrogen-bond donors (Lipinski definition) is 0. The number of Topliss-reactive ketones (excluding diaryl/α,β-unsaturated/α-hetero) is 1. The molecule has 0 radical (unpaired) electrons. The molecule has 0 spiro atoms. The zero-order chi connectivity index (χ0) is 10.8. The van der Waals surface area contributed by atoms with Crippen LogP contribution in [0.4, 0.5) is 0 Å². The third-order valence-corrected chi connectivity index (χ3v) is 2.84. The minimum absolute atomic E-state index is 0.234. The number of pyridine rings is 1. The number of aromatic nitrogens is 1. The van der Waals surface area contributed by atoms with Gasteiger partial charge in [-0.05, 0) is 50.0 Å². The first kappa shape index (κ1) is 10.1. The molecule has 0 atom stereocenters. The van der Waals surface area contributed by atoms with Gasteiger partial charge in [-0.2, -0.15) is 0 Å². The van der Waals surface area contributed by atoms with E-state index in [-0.39, 0.29) is 5.78 Å². The molecule has 0 amide bonds. The van der Waals surface area contributed by atoms with Gasteiger partial charge in [-0.3, -0.25) is 9.78 Å². The lowest BCUT2D eigenvalue weighted by Crippen LogP contribution is -2.05. The van der Waals surface area contributed by atoms with E-state index in [9.17, 15) is 4.79 Å². The van der Waals surface area contributed by atoms with Crippen LogP contribution >= 0.6 is 0 Å². The van der Waals surface area contributed by atoms with Crippen LogP contribution in [0.15, 0.2) is 17.8 Å². The maximum atomic E-state index is 11.0. The highest BCUT2D eigenvalue weighted by Crippen LogP contribution is 2.26. The van der Waals surface area contributed by atoms with Crippen molar-refractivity contribution in [2.45, 2.75) is 33.1 Å². The minimum atomic E-state index is 0.234. The van der Waals surface area contributed by atoms with E-state index in [1.165, 1.54) is 16.7 Å². The number of ketones is 1. The first-order valence-corrected chi connectivity index (χ1v) is 5.30. The lowest BCUT2D eigenvalue weighted by Gasteiger charge is -2.16. The summed E-state index contributed by atoms with van der Waals surface area (Å²) in [7, 11) is 0. The zero-order valence-electron chi connectivity index (χ0n) is 9.21. The van der Waals surface area contributed by atoms with Crippen LogP contribution in [0, 0.1) is 6.92 Å². The average Bonchev–Trinajstić information content (AvgIpc) is 2.17. The number of carbonyl (C=O) groups is 1. The molecule has 0 saturated carbocycles. The second-order valence-electron chi connectivity index (χ2n) is 4.17. The van der Waals surface area contributed by atoms with Gasteiger partial charge in [0.1, 0.15) is 5.78 Å². The van der Waals surface area contributed by atoms with Gasteiger partial charge in [-0.15, -0.1) is 0 Å². The van der Waals surface area contributed by atoms with Crippen LogP contribution in [0.1, 0.15) is 36.6 Å². The first-order chi connectivity index (χ1) is 7.16. The standard InChI is InChI=1S/C13H15NO/c1-9-5-6-14-13-8-11(7-10(2)15)3-4-12(9)13/h5-6,8H,3-4,7H2,1-2H3. The zero-order valence-corrected chi connectivity index (χ0v) is 9.21. The van der Waals surface area contributed by atoms with Crippen LogP contribution in [-0.2, 0) is 11.2 Å². The monoisotopic (exact) mass is 201 g/mol. The van der Waals surface area contributed by atoms with Crippen LogP contribution in [0.25, 0.3) is 6.08 Å². The maximum absolute atomic E-state index is 11.0. The van der Waals surface area contributed by atoms with E-state index in [2.05, 4.69) is 18.0 Å². The van der Waals surface area contributed by atoms with Crippen LogP contribution in [0.5, 0.6) is 0 Å². The summed E-state index contributed by atoms with van der Waals surface area (Å²) in [6.07, 6.45) is 6.51. The van der Waals surface area contributed by atoms with Crippen LogP contribution in [-0.4, -0.2) is 10.8 Å². The van der Waals surface area contributed by atoms with Crippen molar-refractivity contribution in [1.82, 2.24) is 4.98 Å². The predicted octanol–water partition coefficient (Wildman–Crippen LogP) is 2.70. The van der Waals surface area contributed by atoms with Crippen molar-refractivity contribution in [2.75, 3.05) is 0 Å². The summed E-state index contributed by atoms with van der Waals surface area (Å²) in [4.78, 5) is 15.4. The molecular formula is C13H15NO. The Kier molecular flexibility index (Phi) is 2.67. The number of allylic oxidation sites excluding steroid dienone is 1. The highest BCUT2D eigenvalue weighted by Gasteiger charge is 2.13. The molecule has 0 N–H and O–H groups in total. The van der Waals surface area contributed by atoms with E-state index in [0.29, 0.717) is 6.42 Å². The molecule has 2 nitrogen and oxygen atoms in total. The molecule has 0 aliphatic heterocycles. The summed E-state index contributed by atoms with van der Waals surface area (Å²) in [5.74, 6) is 0.234. The van der Waals surface area contributed by atoms with Crippen molar-refractivity contribution in [3.8, 4) is 0 Å². The number of aryl methyl sites for hydroxylation is 1. The summed E-state index contributed by atoms with van der Waals surface area (Å²) < 4.78 is 0. The fourth-order valence-electron chi connectivity index (χ4n) is 2.07. The molecular weight excluding hydrogens is 186 g/mol. The Bertz CT molecular complexity index is 432. The molecule has 0 unspecified atom stereocenters. The fraction of sp³-hybridized carbons (Fsp3) is 0.385. The van der Waals surface area contributed by atoms with Crippen molar-refractivity contribution >= 4 is 11.9 Å². The van der Waals surface area contributed by atoms with Gasteiger partial charge < -0.3 is 0 Å². The Hall–Kier alpha value is -1.44. The molecule has 0 bridgehead atoms. The molecule has 1 aromatic heterocycles. The van der Waals surface area contributed by atoms with Gasteiger partial charge in [-0.1, -0.05) is 5.57 Å². The van der Waals surface area contributed by atoms with Crippen molar-refractivity contribution in [3.63, 3.8) is 0 Å². The molecule has 15 heavy (non-hydrogen) atoms. The summed E-state index contributed by atoms with van der Waals surface area (Å²) in [6.45, 7) is 3.75. The third-order valence-electron chi connectivity index (χ3n) is 2.84. The lowest BCUT2D eigenvalue weighted by molar-refractivity contribution is -0.116. The van der Waals surface area contributed by atoms with Crippen molar-refractivity contribution in [1.29, 1.82) is 0 Å². The van der Waals surface area contributed by atoms with E-state index in [4.69, 9.17) is 0 Å². The largest absolute Gasteiger partial charge is 0.300 e. The highest BCUT2D eigenvalue weighted by atomic mass is 16.1. The number of nitrogens with zero attached hydrogens (tertiary/aromatic N) is 1. The quantitative estimate of drug-likeness (QED) is 0.736. The summed E-state index contributed by atoms with van der Waals surface area (Å²) >= 11 is 0. The number of carbonyl (C=O) groups excluding carboxylic acids is 1. The second kappa shape index (κ2) is 3.97. The van der Waals surface area contributed by atoms with Crippen LogP contribution in [0.2, 0.25) is 0 Å². The molecule has 1 heterocycles. The second-order valence-corrected chi connectivity index (χ2v) is 4.17. The molecule has 0 aromatic carbocycles. The highest BCUT2D eigenvalue weighted by molar-refractivity contribution is 5.80. The Morgan fingerprint density at radius 1 is 1.47 bits per heavy atom. The van der Waals surface area contributed by atoms with Gasteiger partial charge in [-0.25, -0.2) is 0 Å². The molecule has 1 aromatic rings. The Morgan fingerprint density at radius 3 is 3.00 bits per heavy atom. The van der Waals surface area contributed by atoms with E-state index < -0.39 is 0 Å². The summed E-state index contributed by atoms with van der Waals surface area (Å²) in [5, 5.41) is 0. The Morgan fingerprint density at radius 2 is 2.27 bits per heavy atom. The van der Waals surface area contributed by atoms with E-state index in [0.717, 1.165) is 18.5 Å². The van der Waals surface area contributed by atoms with E-state index in [1.54, 1.807) is 6.92 Å². The molecule has 1 aliphatic carbocycles. The molecule has 2 rings (SSSR count). The summed E-state index contributed by atoms with van der Waals surface area (Å²) in [6, 6.07) is 2.04. The van der Waals surface area contributed by atoms with Crippen LogP contribution in [0.3, 0.4) is 0 Å². The normalized spacial score (nSPS) is 14.4. The van der Waals surface area contributed by atoms with Crippen molar-refractivity contribution < 1.29 is 4.79 Å². The third kappa shape index (κ3) is 2.14. The van der Waals surface area contributed by atoms with Gasteiger partial charge >= 0.3 is 0 Å². The Labute approximate surface area is 90.0 Å². The fourth-order valence-corrected chi connectivity index (χ4v) is 2.07. The van der Waals surface area contributed by atoms with Crippen LogP contribution < -0.4 is 0 Å². The van der Waals surface area contributed by atoms with E-state index >= 15 is 0 Å². The van der Waals surface area contributed by atoms with Gasteiger partial charge in [0.2, 0.25) is 0 Å². The number of hydrogen-bond acceptors (Lipinski definition) is 2. The van der Waals surface area contributed by atoms with Crippen molar-refractivity contribution in [2.24, 2.45) is 0 Å². The van der Waals surface area contributed by atoms with Gasteiger partial charge in [0, 0.05) is 12.6 Å². The predicted molar refractivity (Wildman–Crippen MR) is 60.6 cm³/mol. The first-order valence-electron chi connectivity index (χ1n) is 5.30. The number of rotatable bonds is 2. The minimum Gasteiger partial charge on any atom is -0.300 e. The smallest absolute Gasteiger partial charge is 0.133 e. The molecule has 1 aliphatic rings. The van der Waals surface area contributed by atoms with Crippen molar-refractivity contribution in [3.05, 3.63) is 34.7 Å². The number of fused-ring (bicyclic) bond motifs is 1. The van der Waals surface area contributed by atoms with Gasteiger partial charge in [0.15, 0.2) is 0 Å². The molecule has 0 saturated heterocycles. The average molecular weight is 201 g/mol. The Balaban J connectivity index is 2.33. The molecule has 0 fully saturated rings. The van der Waals surface area contributed by atoms with Gasteiger partial charge in [0.25, 0.3) is 0 Å². The maximum Gasteiger partial charge on any atom is 0.133 e. The lowest BCUT2D eigenvalue weighted by atomic mass is 9.91. The summed E-state index contributed by atoms with van der Waals surface area (Å²) in [5.41, 5.74) is 4.91. The SMILES string of the molecule is CC(=O)CC1=Cc2nccc(C)c2CC1. The molecule has 78 valence electrons. The molecule has 2 heteroatoms. The van der Waals surface area contributed by atoms with E-state index in [1.807, 2.05) is 12.3 Å². The van der Waals surface area contributed by atoms with Gasteiger partial charge in [0.05, 0.1) is 5.69 Å².